The third-order valence-corrected chi connectivity index (χ3v) is 1.18. The van der Waals surface area contributed by atoms with Crippen molar-refractivity contribution in [1.82, 2.24) is 5.32 Å². The lowest BCUT2D eigenvalue weighted by atomic mass is 10.3. The van der Waals surface area contributed by atoms with Crippen LogP contribution in [0.25, 0.3) is 0 Å². The minimum Gasteiger partial charge on any atom is -0.392 e. The number of rotatable bonds is 5. The summed E-state index contributed by atoms with van der Waals surface area (Å²) in [6, 6.07) is 0.319. The summed E-state index contributed by atoms with van der Waals surface area (Å²) in [5.41, 5.74) is 0. The highest BCUT2D eigenvalue weighted by molar-refractivity contribution is 4.60. The van der Waals surface area contributed by atoms with Gasteiger partial charge in [0.2, 0.25) is 0 Å². The lowest BCUT2D eigenvalue weighted by molar-refractivity contribution is 0.151. The molecule has 0 aliphatic carbocycles. The molecule has 2 N–H and O–H groups in total. The van der Waals surface area contributed by atoms with Gasteiger partial charge in [0, 0.05) is 19.7 Å². The molecule has 0 saturated carbocycles. The molecule has 0 spiro atoms. The van der Waals surface area contributed by atoms with Crippen LogP contribution in [0, 0.1) is 0 Å². The van der Waals surface area contributed by atoms with Gasteiger partial charge in [-0.1, -0.05) is 0 Å². The maximum absolute atomic E-state index is 8.87. The van der Waals surface area contributed by atoms with Crippen LogP contribution >= 0.6 is 0 Å². The lowest BCUT2D eigenvalue weighted by Gasteiger charge is -2.13. The number of ether oxygens (including phenoxy) is 1. The molecule has 0 aliphatic rings. The molecule has 3 nitrogen and oxygen atoms in total. The quantitative estimate of drug-likeness (QED) is 0.575. The summed E-state index contributed by atoms with van der Waals surface area (Å²) >= 11 is 0. The van der Waals surface area contributed by atoms with E-state index in [1.807, 2.05) is 6.92 Å². The molecular weight excluding hydrogens is 130 g/mol. The highest BCUT2D eigenvalue weighted by Crippen LogP contribution is 1.83. The molecule has 10 heavy (non-hydrogen) atoms. The Morgan fingerprint density at radius 1 is 1.50 bits per heavy atom. The van der Waals surface area contributed by atoms with Crippen molar-refractivity contribution in [1.29, 1.82) is 0 Å². The summed E-state index contributed by atoms with van der Waals surface area (Å²) in [4.78, 5) is 0. The molecule has 0 bridgehead atoms. The van der Waals surface area contributed by atoms with Crippen LogP contribution < -0.4 is 5.32 Å². The molecule has 3 heteroatoms. The zero-order valence-corrected chi connectivity index (χ0v) is 6.92. The Morgan fingerprint density at radius 2 is 2.10 bits per heavy atom. The Balaban J connectivity index is 3.12. The third kappa shape index (κ3) is 6.01. The van der Waals surface area contributed by atoms with Gasteiger partial charge in [0.1, 0.15) is 0 Å². The van der Waals surface area contributed by atoms with E-state index in [0.29, 0.717) is 19.2 Å². The van der Waals surface area contributed by atoms with Crippen molar-refractivity contribution in [3.8, 4) is 0 Å². The zero-order chi connectivity index (χ0) is 7.98. The number of aliphatic hydroxyl groups is 1. The van der Waals surface area contributed by atoms with E-state index >= 15 is 0 Å². The predicted molar refractivity (Wildman–Crippen MR) is 41.0 cm³/mol. The summed E-state index contributed by atoms with van der Waals surface area (Å²) in [7, 11) is 1.67. The highest BCUT2D eigenvalue weighted by atomic mass is 16.5. The van der Waals surface area contributed by atoms with Crippen molar-refractivity contribution < 1.29 is 9.84 Å². The molecule has 0 rings (SSSR count). The number of aliphatic hydroxyl groups excluding tert-OH is 1. The van der Waals surface area contributed by atoms with E-state index in [1.54, 1.807) is 14.0 Å². The zero-order valence-electron chi connectivity index (χ0n) is 6.92. The van der Waals surface area contributed by atoms with Crippen LogP contribution in [0.1, 0.15) is 13.8 Å². The van der Waals surface area contributed by atoms with E-state index in [9.17, 15) is 0 Å². The first-order valence-corrected chi connectivity index (χ1v) is 3.57. The van der Waals surface area contributed by atoms with Gasteiger partial charge < -0.3 is 15.2 Å². The van der Waals surface area contributed by atoms with Crippen LogP contribution in [-0.4, -0.2) is 37.5 Å². The standard InChI is InChI=1S/C7H17NO2/c1-6(5-10-3)8-4-7(2)9/h6-9H,4-5H2,1-3H3. The summed E-state index contributed by atoms with van der Waals surface area (Å²) in [5.74, 6) is 0. The molecule has 0 saturated heterocycles. The Kier molecular flexibility index (Phi) is 5.58. The Bertz CT molecular complexity index is 76.0. The van der Waals surface area contributed by atoms with Gasteiger partial charge in [0.05, 0.1) is 12.7 Å². The molecule has 62 valence electrons. The van der Waals surface area contributed by atoms with E-state index in [1.165, 1.54) is 0 Å². The van der Waals surface area contributed by atoms with Gasteiger partial charge in [0.25, 0.3) is 0 Å². The van der Waals surface area contributed by atoms with Crippen molar-refractivity contribution in [2.45, 2.75) is 26.0 Å². The SMILES string of the molecule is COCC(C)NCC(C)O. The van der Waals surface area contributed by atoms with Gasteiger partial charge in [-0.2, -0.15) is 0 Å². The molecule has 0 aromatic carbocycles. The van der Waals surface area contributed by atoms with Crippen LogP contribution in [-0.2, 0) is 4.74 Å². The van der Waals surface area contributed by atoms with Crippen LogP contribution in [0.15, 0.2) is 0 Å². The van der Waals surface area contributed by atoms with Crippen LogP contribution in [0.5, 0.6) is 0 Å². The van der Waals surface area contributed by atoms with Gasteiger partial charge >= 0.3 is 0 Å². The minimum absolute atomic E-state index is 0.278. The minimum atomic E-state index is -0.278. The Morgan fingerprint density at radius 3 is 2.50 bits per heavy atom. The molecule has 2 atom stereocenters. The molecule has 0 aliphatic heterocycles. The van der Waals surface area contributed by atoms with E-state index < -0.39 is 0 Å². The van der Waals surface area contributed by atoms with E-state index in [4.69, 9.17) is 9.84 Å². The molecule has 2 unspecified atom stereocenters. The Labute approximate surface area is 62.4 Å². The number of hydrogen-bond donors (Lipinski definition) is 2. The summed E-state index contributed by atoms with van der Waals surface area (Å²) in [6.07, 6.45) is -0.278. The first kappa shape index (κ1) is 9.88. The first-order chi connectivity index (χ1) is 4.66. The maximum Gasteiger partial charge on any atom is 0.0636 e. The molecule has 0 aromatic rings. The summed E-state index contributed by atoms with van der Waals surface area (Å²) in [6.45, 7) is 5.09. The molecule has 0 aromatic heterocycles. The molecule has 0 amide bonds. The van der Waals surface area contributed by atoms with Crippen LogP contribution in [0.4, 0.5) is 0 Å². The second kappa shape index (κ2) is 5.65. The largest absolute Gasteiger partial charge is 0.392 e. The highest BCUT2D eigenvalue weighted by Gasteiger charge is 2.00. The maximum atomic E-state index is 8.87. The van der Waals surface area contributed by atoms with Crippen molar-refractivity contribution in [3.63, 3.8) is 0 Å². The monoisotopic (exact) mass is 147 g/mol. The molecule has 0 radical (unpaired) electrons. The van der Waals surface area contributed by atoms with Gasteiger partial charge in [-0.05, 0) is 13.8 Å². The van der Waals surface area contributed by atoms with E-state index in [-0.39, 0.29) is 6.10 Å². The first-order valence-electron chi connectivity index (χ1n) is 3.57. The van der Waals surface area contributed by atoms with Crippen molar-refractivity contribution in [2.24, 2.45) is 0 Å². The third-order valence-electron chi connectivity index (χ3n) is 1.18. The smallest absolute Gasteiger partial charge is 0.0636 e. The molecular formula is C7H17NO2. The van der Waals surface area contributed by atoms with E-state index in [2.05, 4.69) is 5.32 Å². The topological polar surface area (TPSA) is 41.5 Å². The lowest BCUT2D eigenvalue weighted by Crippen LogP contribution is -2.35. The van der Waals surface area contributed by atoms with Crippen molar-refractivity contribution in [2.75, 3.05) is 20.3 Å². The van der Waals surface area contributed by atoms with Gasteiger partial charge in [-0.3, -0.25) is 0 Å². The number of hydrogen-bond acceptors (Lipinski definition) is 3. The Hall–Kier alpha value is -0.120. The van der Waals surface area contributed by atoms with E-state index in [0.717, 1.165) is 0 Å². The fourth-order valence-electron chi connectivity index (χ4n) is 0.681. The van der Waals surface area contributed by atoms with Crippen LogP contribution in [0.2, 0.25) is 0 Å². The van der Waals surface area contributed by atoms with Crippen LogP contribution in [0.3, 0.4) is 0 Å². The van der Waals surface area contributed by atoms with Gasteiger partial charge in [0.15, 0.2) is 0 Å². The fourth-order valence-corrected chi connectivity index (χ4v) is 0.681. The molecule has 0 fully saturated rings. The summed E-state index contributed by atoms with van der Waals surface area (Å²) in [5, 5.41) is 12.0. The summed E-state index contributed by atoms with van der Waals surface area (Å²) < 4.78 is 4.89. The number of methoxy groups -OCH3 is 1. The van der Waals surface area contributed by atoms with Gasteiger partial charge in [-0.15, -0.1) is 0 Å². The number of nitrogens with one attached hydrogen (secondary N) is 1. The second-order valence-corrected chi connectivity index (χ2v) is 2.61. The van der Waals surface area contributed by atoms with Gasteiger partial charge in [-0.25, -0.2) is 0 Å². The average Bonchev–Trinajstić information content (AvgIpc) is 1.85. The molecule has 0 heterocycles. The van der Waals surface area contributed by atoms with Crippen molar-refractivity contribution >= 4 is 0 Å². The average molecular weight is 147 g/mol. The second-order valence-electron chi connectivity index (χ2n) is 2.61. The van der Waals surface area contributed by atoms with Crippen molar-refractivity contribution in [3.05, 3.63) is 0 Å². The fraction of sp³-hybridized carbons (Fsp3) is 1.00. The normalized spacial score (nSPS) is 16.8. The predicted octanol–water partition coefficient (Wildman–Crippen LogP) is -0.00830.